The first-order valence-electron chi connectivity index (χ1n) is 11.2. The SMILES string of the molecule is CN(C[C@@]1(O)CCCN(c2ccnc3ccncc23)C1)C(=O)CCc1ccc(S(N)(=O)=O)cc1. The zero-order valence-electron chi connectivity index (χ0n) is 19.1. The molecule has 0 bridgehead atoms. The second-order valence-electron chi connectivity index (χ2n) is 8.91. The first kappa shape index (κ1) is 24.1. The number of pyridine rings is 2. The molecule has 2 aromatic heterocycles. The Kier molecular flexibility index (Phi) is 6.83. The molecule has 0 radical (unpaired) electrons. The smallest absolute Gasteiger partial charge is 0.238 e. The lowest BCUT2D eigenvalue weighted by Crippen LogP contribution is -2.54. The minimum atomic E-state index is -3.74. The van der Waals surface area contributed by atoms with Crippen molar-refractivity contribution in [2.45, 2.75) is 36.2 Å². The highest BCUT2D eigenvalue weighted by Gasteiger charge is 2.36. The van der Waals surface area contributed by atoms with Crippen LogP contribution in [0.3, 0.4) is 0 Å². The Hall–Kier alpha value is -3.08. The molecule has 1 amide bonds. The Morgan fingerprint density at radius 2 is 1.97 bits per heavy atom. The van der Waals surface area contributed by atoms with E-state index in [0.29, 0.717) is 19.4 Å². The van der Waals surface area contributed by atoms with E-state index >= 15 is 0 Å². The minimum Gasteiger partial charge on any atom is -0.386 e. The van der Waals surface area contributed by atoms with E-state index in [1.54, 1.807) is 42.7 Å². The number of fused-ring (bicyclic) bond motifs is 1. The molecule has 10 heteroatoms. The number of hydrogen-bond acceptors (Lipinski definition) is 7. The number of nitrogens with two attached hydrogens (primary N) is 1. The summed E-state index contributed by atoms with van der Waals surface area (Å²) in [6.45, 7) is 1.45. The fourth-order valence-electron chi connectivity index (χ4n) is 4.52. The molecular formula is C24H29N5O4S. The summed E-state index contributed by atoms with van der Waals surface area (Å²) in [5, 5.41) is 17.4. The molecule has 1 fully saturated rings. The molecule has 4 rings (SSSR count). The minimum absolute atomic E-state index is 0.0431. The van der Waals surface area contributed by atoms with Gasteiger partial charge in [0.1, 0.15) is 0 Å². The summed E-state index contributed by atoms with van der Waals surface area (Å²) in [6.07, 6.45) is 7.39. The number of benzene rings is 1. The van der Waals surface area contributed by atoms with Crippen molar-refractivity contribution in [3.63, 3.8) is 0 Å². The van der Waals surface area contributed by atoms with E-state index in [2.05, 4.69) is 14.9 Å². The number of sulfonamides is 1. The maximum Gasteiger partial charge on any atom is 0.238 e. The molecule has 0 unspecified atom stereocenters. The van der Waals surface area contributed by atoms with Crippen molar-refractivity contribution in [3.8, 4) is 0 Å². The van der Waals surface area contributed by atoms with E-state index in [0.717, 1.165) is 35.1 Å². The number of carbonyl (C=O) groups excluding carboxylic acids is 1. The van der Waals surface area contributed by atoms with Crippen molar-refractivity contribution in [2.24, 2.45) is 5.14 Å². The third-order valence-electron chi connectivity index (χ3n) is 6.25. The van der Waals surface area contributed by atoms with Gasteiger partial charge in [-0.3, -0.25) is 14.8 Å². The van der Waals surface area contributed by atoms with Gasteiger partial charge in [-0.1, -0.05) is 12.1 Å². The molecule has 180 valence electrons. The van der Waals surface area contributed by atoms with Crippen LogP contribution in [0.1, 0.15) is 24.8 Å². The summed E-state index contributed by atoms with van der Waals surface area (Å²) in [6, 6.07) is 10.0. The van der Waals surface area contributed by atoms with Gasteiger partial charge in [-0.15, -0.1) is 0 Å². The number of piperidine rings is 1. The number of rotatable bonds is 7. The van der Waals surface area contributed by atoms with Crippen LogP contribution in [0.25, 0.3) is 10.9 Å². The number of aryl methyl sites for hydroxylation is 1. The molecule has 1 aromatic carbocycles. The summed E-state index contributed by atoms with van der Waals surface area (Å²) in [4.78, 5) is 25.1. The molecule has 1 saturated heterocycles. The third kappa shape index (κ3) is 5.52. The van der Waals surface area contributed by atoms with Gasteiger partial charge >= 0.3 is 0 Å². The maximum atomic E-state index is 12.8. The summed E-state index contributed by atoms with van der Waals surface area (Å²) >= 11 is 0. The Morgan fingerprint density at radius 3 is 2.71 bits per heavy atom. The Morgan fingerprint density at radius 1 is 1.21 bits per heavy atom. The van der Waals surface area contributed by atoms with Gasteiger partial charge < -0.3 is 14.9 Å². The summed E-state index contributed by atoms with van der Waals surface area (Å²) in [5.41, 5.74) is 1.64. The highest BCUT2D eigenvalue weighted by molar-refractivity contribution is 7.89. The van der Waals surface area contributed by atoms with Crippen molar-refractivity contribution in [1.29, 1.82) is 0 Å². The molecule has 34 heavy (non-hydrogen) atoms. The van der Waals surface area contributed by atoms with E-state index < -0.39 is 15.6 Å². The van der Waals surface area contributed by atoms with Crippen LogP contribution in [-0.4, -0.2) is 66.6 Å². The zero-order valence-corrected chi connectivity index (χ0v) is 19.9. The molecular weight excluding hydrogens is 454 g/mol. The van der Waals surface area contributed by atoms with E-state index in [1.165, 1.54) is 12.1 Å². The van der Waals surface area contributed by atoms with Crippen LogP contribution < -0.4 is 10.0 Å². The Bertz CT molecular complexity index is 1280. The van der Waals surface area contributed by atoms with Gasteiger partial charge in [-0.2, -0.15) is 0 Å². The average Bonchev–Trinajstić information content (AvgIpc) is 2.81. The molecule has 1 atom stereocenters. The van der Waals surface area contributed by atoms with Gasteiger partial charge in [0.05, 0.1) is 22.6 Å². The molecule has 0 spiro atoms. The standard InChI is InChI=1S/C24H29N5O4S/c1-28(23(30)8-5-18-3-6-19(7-4-18)34(25,32)33)16-24(31)11-2-14-29(17-24)22-10-13-27-21-9-12-26-15-20(21)22/h3-4,6-7,9-10,12-13,15,31H,2,5,8,11,14,16-17H2,1H3,(H2,25,32,33)/t24-/m0/s1. The lowest BCUT2D eigenvalue weighted by molar-refractivity contribution is -0.133. The van der Waals surface area contributed by atoms with Gasteiger partial charge in [0.25, 0.3) is 0 Å². The van der Waals surface area contributed by atoms with E-state index in [9.17, 15) is 18.3 Å². The monoisotopic (exact) mass is 483 g/mol. The molecule has 1 aliphatic rings. The number of β-amino-alcohol motifs (C(OH)–C–C–N with tert-alkyl or cyclic N) is 1. The molecule has 9 nitrogen and oxygen atoms in total. The predicted octanol–water partition coefficient (Wildman–Crippen LogP) is 1.70. The summed E-state index contributed by atoms with van der Waals surface area (Å²) in [7, 11) is -2.03. The van der Waals surface area contributed by atoms with Crippen molar-refractivity contribution < 1.29 is 18.3 Å². The van der Waals surface area contributed by atoms with Crippen molar-refractivity contribution >= 4 is 32.5 Å². The Balaban J connectivity index is 1.37. The topological polar surface area (TPSA) is 130 Å². The maximum absolute atomic E-state index is 12.8. The number of nitrogens with zero attached hydrogens (tertiary/aromatic N) is 4. The van der Waals surface area contributed by atoms with Crippen LogP contribution in [-0.2, 0) is 21.2 Å². The molecule has 3 heterocycles. The number of amides is 1. The van der Waals surface area contributed by atoms with E-state index in [4.69, 9.17) is 5.14 Å². The second kappa shape index (κ2) is 9.65. The Labute approximate surface area is 199 Å². The number of aliphatic hydroxyl groups is 1. The van der Waals surface area contributed by atoms with Gasteiger partial charge in [0.2, 0.25) is 15.9 Å². The van der Waals surface area contributed by atoms with Gasteiger partial charge in [0, 0.05) is 56.2 Å². The van der Waals surface area contributed by atoms with Gasteiger partial charge in [-0.05, 0) is 49.1 Å². The number of carbonyl (C=O) groups is 1. The van der Waals surface area contributed by atoms with Crippen LogP contribution in [0.15, 0.2) is 59.9 Å². The first-order valence-corrected chi connectivity index (χ1v) is 12.7. The quantitative estimate of drug-likeness (QED) is 0.523. The summed E-state index contributed by atoms with van der Waals surface area (Å²) in [5.74, 6) is -0.0837. The molecule has 3 aromatic rings. The summed E-state index contributed by atoms with van der Waals surface area (Å²) < 4.78 is 22.8. The number of primary sulfonamides is 1. The van der Waals surface area contributed by atoms with Crippen LogP contribution in [0.4, 0.5) is 5.69 Å². The molecule has 3 N–H and O–H groups in total. The molecule has 1 aliphatic heterocycles. The lowest BCUT2D eigenvalue weighted by atomic mass is 9.91. The van der Waals surface area contributed by atoms with E-state index in [1.807, 2.05) is 12.1 Å². The van der Waals surface area contributed by atoms with E-state index in [-0.39, 0.29) is 23.8 Å². The van der Waals surface area contributed by atoms with Crippen LogP contribution >= 0.6 is 0 Å². The largest absolute Gasteiger partial charge is 0.386 e. The van der Waals surface area contributed by atoms with Crippen molar-refractivity contribution in [1.82, 2.24) is 14.9 Å². The van der Waals surface area contributed by atoms with Crippen molar-refractivity contribution in [3.05, 3.63) is 60.6 Å². The first-order chi connectivity index (χ1) is 16.1. The highest BCUT2D eigenvalue weighted by atomic mass is 32.2. The molecule has 0 aliphatic carbocycles. The second-order valence-corrected chi connectivity index (χ2v) is 10.5. The van der Waals surface area contributed by atoms with Crippen LogP contribution in [0, 0.1) is 0 Å². The predicted molar refractivity (Wildman–Crippen MR) is 130 cm³/mol. The lowest BCUT2D eigenvalue weighted by Gasteiger charge is -2.42. The number of likely N-dealkylation sites (N-methyl/N-ethyl adjacent to an activating group) is 1. The van der Waals surface area contributed by atoms with Crippen LogP contribution in [0.2, 0.25) is 0 Å². The van der Waals surface area contributed by atoms with Crippen LogP contribution in [0.5, 0.6) is 0 Å². The number of aromatic nitrogens is 2. The fraction of sp³-hybridized carbons (Fsp3) is 0.375. The average molecular weight is 484 g/mol. The number of hydrogen-bond donors (Lipinski definition) is 2. The van der Waals surface area contributed by atoms with Gasteiger partial charge in [0.15, 0.2) is 0 Å². The van der Waals surface area contributed by atoms with Gasteiger partial charge in [-0.25, -0.2) is 13.6 Å². The number of anilines is 1. The van der Waals surface area contributed by atoms with Crippen molar-refractivity contribution in [2.75, 3.05) is 31.6 Å². The zero-order chi connectivity index (χ0) is 24.3. The third-order valence-corrected chi connectivity index (χ3v) is 7.18. The molecule has 0 saturated carbocycles. The normalized spacial score (nSPS) is 18.7. The highest BCUT2D eigenvalue weighted by Crippen LogP contribution is 2.31. The fourth-order valence-corrected chi connectivity index (χ4v) is 5.03.